The van der Waals surface area contributed by atoms with Crippen molar-refractivity contribution >= 4 is 11.9 Å². The average Bonchev–Trinajstić information content (AvgIpc) is 2.76. The van der Waals surface area contributed by atoms with Crippen molar-refractivity contribution in [1.82, 2.24) is 0 Å². The third kappa shape index (κ3) is 5.41. The first-order valence-electron chi connectivity index (χ1n) is 10.0. The highest BCUT2D eigenvalue weighted by Gasteiger charge is 2.14. The van der Waals surface area contributed by atoms with Gasteiger partial charge in [0.2, 0.25) is 0 Å². The van der Waals surface area contributed by atoms with Gasteiger partial charge in [0.25, 0.3) is 0 Å². The molecule has 0 heterocycles. The van der Waals surface area contributed by atoms with Crippen molar-refractivity contribution < 1.29 is 27.8 Å². The zero-order chi connectivity index (χ0) is 24.3. The predicted octanol–water partition coefficient (Wildman–Crippen LogP) is 6.57. The van der Waals surface area contributed by atoms with E-state index >= 15 is 0 Å². The Balaban J connectivity index is 1.86. The molecule has 0 aromatic heterocycles. The summed E-state index contributed by atoms with van der Waals surface area (Å²) in [5.41, 5.74) is 3.86. The number of halogens is 2. The maximum Gasteiger partial charge on any atom is 0.338 e. The molecule has 0 amide bonds. The van der Waals surface area contributed by atoms with Crippen LogP contribution in [0.2, 0.25) is 0 Å². The maximum atomic E-state index is 14.5. The Morgan fingerprint density at radius 2 is 1.12 bits per heavy atom. The van der Waals surface area contributed by atoms with Gasteiger partial charge in [-0.05, 0) is 72.9 Å². The second-order valence-electron chi connectivity index (χ2n) is 7.66. The normalized spacial score (nSPS) is 10.5. The molecule has 0 unspecified atom stereocenters. The van der Waals surface area contributed by atoms with Crippen LogP contribution in [0.1, 0.15) is 19.4 Å². The summed E-state index contributed by atoms with van der Waals surface area (Å²) in [6.45, 7) is 11.8. The van der Waals surface area contributed by atoms with Crippen molar-refractivity contribution in [1.29, 1.82) is 0 Å². The minimum atomic E-state index is -0.700. The van der Waals surface area contributed by atoms with Crippen LogP contribution in [0.3, 0.4) is 0 Å². The fourth-order valence-corrected chi connectivity index (χ4v) is 3.06. The van der Waals surface area contributed by atoms with E-state index in [1.54, 1.807) is 24.3 Å². The highest BCUT2D eigenvalue weighted by atomic mass is 19.1. The van der Waals surface area contributed by atoms with Gasteiger partial charge in [0.05, 0.1) is 0 Å². The smallest absolute Gasteiger partial charge is 0.338 e. The molecule has 168 valence electrons. The Morgan fingerprint density at radius 3 is 1.58 bits per heavy atom. The van der Waals surface area contributed by atoms with Crippen molar-refractivity contribution in [3.63, 3.8) is 0 Å². The summed E-state index contributed by atoms with van der Waals surface area (Å²) in [4.78, 5) is 23.2. The number of ether oxygens (including phenoxy) is 2. The second kappa shape index (κ2) is 9.61. The lowest BCUT2D eigenvalue weighted by Gasteiger charge is -2.12. The molecule has 0 aliphatic carbocycles. The monoisotopic (exact) mass is 448 g/mol. The molecule has 0 aliphatic heterocycles. The third-order valence-corrected chi connectivity index (χ3v) is 4.84. The Labute approximate surface area is 190 Å². The van der Waals surface area contributed by atoms with Gasteiger partial charge >= 0.3 is 11.9 Å². The quantitative estimate of drug-likeness (QED) is 0.243. The zero-order valence-corrected chi connectivity index (χ0v) is 18.5. The molecule has 0 atom stereocenters. The SMILES string of the molecule is C=C(C)C(=O)Oc1ccc(-c2ccc(-c3ccc(OC(=O)C(=C)C)c(F)c3)c(C)c2)cc1F. The molecule has 3 rings (SSSR count). The molecule has 0 bridgehead atoms. The Bertz CT molecular complexity index is 1290. The summed E-state index contributed by atoms with van der Waals surface area (Å²) >= 11 is 0. The van der Waals surface area contributed by atoms with Gasteiger partial charge in [0, 0.05) is 11.1 Å². The third-order valence-electron chi connectivity index (χ3n) is 4.84. The molecule has 0 aliphatic rings. The molecule has 0 saturated heterocycles. The number of benzene rings is 3. The van der Waals surface area contributed by atoms with E-state index in [2.05, 4.69) is 13.2 Å². The topological polar surface area (TPSA) is 52.6 Å². The van der Waals surface area contributed by atoms with Crippen LogP contribution in [0, 0.1) is 18.6 Å². The Hall–Kier alpha value is -4.06. The molecule has 6 heteroatoms. The van der Waals surface area contributed by atoms with Crippen LogP contribution in [0.4, 0.5) is 8.78 Å². The molecule has 3 aromatic carbocycles. The van der Waals surface area contributed by atoms with E-state index in [1.807, 2.05) is 13.0 Å². The second-order valence-corrected chi connectivity index (χ2v) is 7.66. The molecule has 0 spiro atoms. The minimum Gasteiger partial charge on any atom is -0.420 e. The van der Waals surface area contributed by atoms with E-state index in [4.69, 9.17) is 9.47 Å². The number of rotatable bonds is 6. The first kappa shape index (κ1) is 23.6. The highest BCUT2D eigenvalue weighted by Crippen LogP contribution is 2.32. The van der Waals surface area contributed by atoms with Crippen molar-refractivity contribution in [3.8, 4) is 33.8 Å². The Kier molecular flexibility index (Phi) is 6.87. The largest absolute Gasteiger partial charge is 0.420 e. The number of aryl methyl sites for hydroxylation is 1. The van der Waals surface area contributed by atoms with E-state index < -0.39 is 23.6 Å². The van der Waals surface area contributed by atoms with Crippen molar-refractivity contribution in [2.75, 3.05) is 0 Å². The molecule has 33 heavy (non-hydrogen) atoms. The van der Waals surface area contributed by atoms with Crippen LogP contribution in [0.15, 0.2) is 78.9 Å². The molecular formula is C27H22F2O4. The minimum absolute atomic E-state index is 0.170. The van der Waals surface area contributed by atoms with Crippen LogP contribution in [0.5, 0.6) is 11.5 Å². The zero-order valence-electron chi connectivity index (χ0n) is 18.5. The van der Waals surface area contributed by atoms with E-state index in [-0.39, 0.29) is 22.6 Å². The van der Waals surface area contributed by atoms with Gasteiger partial charge in [0.15, 0.2) is 23.1 Å². The molecule has 3 aromatic rings. The van der Waals surface area contributed by atoms with Crippen LogP contribution in [-0.4, -0.2) is 11.9 Å². The van der Waals surface area contributed by atoms with Gasteiger partial charge in [0.1, 0.15) is 0 Å². The lowest BCUT2D eigenvalue weighted by molar-refractivity contribution is -0.131. The summed E-state index contributed by atoms with van der Waals surface area (Å²) in [5, 5.41) is 0. The van der Waals surface area contributed by atoms with Crippen LogP contribution in [-0.2, 0) is 9.59 Å². The van der Waals surface area contributed by atoms with E-state index in [1.165, 1.54) is 38.1 Å². The predicted molar refractivity (Wildman–Crippen MR) is 123 cm³/mol. The molecule has 0 saturated carbocycles. The number of esters is 2. The van der Waals surface area contributed by atoms with Crippen LogP contribution < -0.4 is 9.47 Å². The summed E-state index contributed by atoms with van der Waals surface area (Å²) < 4.78 is 38.9. The summed E-state index contributed by atoms with van der Waals surface area (Å²) in [5.74, 6) is -3.10. The summed E-state index contributed by atoms with van der Waals surface area (Å²) in [6, 6.07) is 14.0. The number of hydrogen-bond donors (Lipinski definition) is 0. The summed E-state index contributed by atoms with van der Waals surface area (Å²) in [6.07, 6.45) is 0. The lowest BCUT2D eigenvalue weighted by atomic mass is 9.95. The molecule has 0 N–H and O–H groups in total. The highest BCUT2D eigenvalue weighted by molar-refractivity contribution is 5.89. The first-order valence-corrected chi connectivity index (χ1v) is 10.0. The number of carbonyl (C=O) groups is 2. The first-order chi connectivity index (χ1) is 15.6. The standard InChI is InChI=1S/C27H22F2O4/c1-15(2)26(30)32-24-10-7-19(13-22(24)28)18-6-9-21(17(5)12-18)20-8-11-25(23(29)14-20)33-27(31)16(3)4/h6-14H,1,3H2,2,4-5H3. The van der Waals surface area contributed by atoms with Crippen molar-refractivity contribution in [2.45, 2.75) is 20.8 Å². The van der Waals surface area contributed by atoms with E-state index in [9.17, 15) is 18.4 Å². The summed E-state index contributed by atoms with van der Waals surface area (Å²) in [7, 11) is 0. The van der Waals surface area contributed by atoms with Gasteiger partial charge in [-0.25, -0.2) is 18.4 Å². The van der Waals surface area contributed by atoms with Gasteiger partial charge in [-0.3, -0.25) is 0 Å². The fraction of sp³-hybridized carbons (Fsp3) is 0.111. The van der Waals surface area contributed by atoms with Crippen LogP contribution >= 0.6 is 0 Å². The van der Waals surface area contributed by atoms with Gasteiger partial charge in [-0.2, -0.15) is 0 Å². The van der Waals surface area contributed by atoms with E-state index in [0.29, 0.717) is 11.1 Å². The maximum absolute atomic E-state index is 14.5. The fourth-order valence-electron chi connectivity index (χ4n) is 3.06. The van der Waals surface area contributed by atoms with Crippen molar-refractivity contribution in [3.05, 3.63) is 96.1 Å². The van der Waals surface area contributed by atoms with Crippen LogP contribution in [0.25, 0.3) is 22.3 Å². The van der Waals surface area contributed by atoms with Gasteiger partial charge in [-0.15, -0.1) is 0 Å². The molecular weight excluding hydrogens is 426 g/mol. The Morgan fingerprint density at radius 1 is 0.697 bits per heavy atom. The molecule has 0 fully saturated rings. The van der Waals surface area contributed by atoms with Gasteiger partial charge < -0.3 is 9.47 Å². The number of hydrogen-bond acceptors (Lipinski definition) is 4. The van der Waals surface area contributed by atoms with Crippen molar-refractivity contribution in [2.24, 2.45) is 0 Å². The van der Waals surface area contributed by atoms with E-state index in [0.717, 1.165) is 16.7 Å². The van der Waals surface area contributed by atoms with Gasteiger partial charge in [-0.1, -0.05) is 43.5 Å². The molecule has 4 nitrogen and oxygen atoms in total. The number of carbonyl (C=O) groups excluding carboxylic acids is 2. The molecule has 0 radical (unpaired) electrons. The average molecular weight is 448 g/mol. The lowest BCUT2D eigenvalue weighted by Crippen LogP contribution is -2.09.